The number of rotatable bonds is 4. The summed E-state index contributed by atoms with van der Waals surface area (Å²) < 4.78 is 5.55. The standard InChI is InChI=1S/C20H29NO2/c1-14(2)19(12-20(22)21-9-10-23-15(3)13-21)18-8-7-16-5-4-6-17(16)11-18/h7-8,11,14-15,19H,4-6,9-10,12-13H2,1-3H3. The number of benzene rings is 1. The van der Waals surface area contributed by atoms with Crippen molar-refractivity contribution in [2.45, 2.75) is 58.5 Å². The molecule has 3 nitrogen and oxygen atoms in total. The first-order valence-electron chi connectivity index (χ1n) is 9.05. The van der Waals surface area contributed by atoms with Gasteiger partial charge in [0.05, 0.1) is 12.7 Å². The predicted octanol–water partition coefficient (Wildman–Crippen LogP) is 3.55. The zero-order chi connectivity index (χ0) is 16.4. The molecule has 0 N–H and O–H groups in total. The number of ether oxygens (including phenoxy) is 1. The molecule has 0 saturated carbocycles. The fourth-order valence-electron chi connectivity index (χ4n) is 3.92. The summed E-state index contributed by atoms with van der Waals surface area (Å²) in [7, 11) is 0. The molecule has 0 spiro atoms. The van der Waals surface area contributed by atoms with Gasteiger partial charge in [-0.25, -0.2) is 0 Å². The van der Waals surface area contributed by atoms with Gasteiger partial charge in [0, 0.05) is 19.5 Å². The van der Waals surface area contributed by atoms with Crippen molar-refractivity contribution < 1.29 is 9.53 Å². The van der Waals surface area contributed by atoms with Gasteiger partial charge in [-0.3, -0.25) is 4.79 Å². The zero-order valence-electron chi connectivity index (χ0n) is 14.7. The Kier molecular flexibility index (Phi) is 5.05. The summed E-state index contributed by atoms with van der Waals surface area (Å²) >= 11 is 0. The van der Waals surface area contributed by atoms with E-state index < -0.39 is 0 Å². The Hall–Kier alpha value is -1.35. The molecule has 23 heavy (non-hydrogen) atoms. The highest BCUT2D eigenvalue weighted by Gasteiger charge is 2.26. The van der Waals surface area contributed by atoms with Gasteiger partial charge in [-0.05, 0) is 54.7 Å². The van der Waals surface area contributed by atoms with Crippen LogP contribution in [0.15, 0.2) is 18.2 Å². The summed E-state index contributed by atoms with van der Waals surface area (Å²) in [6, 6.07) is 6.90. The number of hydrogen-bond acceptors (Lipinski definition) is 2. The number of carbonyl (C=O) groups is 1. The Morgan fingerprint density at radius 3 is 2.83 bits per heavy atom. The number of amides is 1. The maximum absolute atomic E-state index is 12.7. The van der Waals surface area contributed by atoms with Gasteiger partial charge in [0.25, 0.3) is 0 Å². The lowest BCUT2D eigenvalue weighted by atomic mass is 9.84. The Balaban J connectivity index is 1.73. The smallest absolute Gasteiger partial charge is 0.223 e. The van der Waals surface area contributed by atoms with Crippen molar-refractivity contribution in [3.63, 3.8) is 0 Å². The van der Waals surface area contributed by atoms with E-state index in [1.165, 1.54) is 36.0 Å². The molecule has 1 aliphatic carbocycles. The van der Waals surface area contributed by atoms with Crippen LogP contribution in [-0.2, 0) is 22.4 Å². The second-order valence-corrected chi connectivity index (χ2v) is 7.46. The molecule has 1 fully saturated rings. The molecule has 0 radical (unpaired) electrons. The van der Waals surface area contributed by atoms with Gasteiger partial charge in [0.1, 0.15) is 0 Å². The van der Waals surface area contributed by atoms with E-state index in [2.05, 4.69) is 32.0 Å². The third-order valence-electron chi connectivity index (χ3n) is 5.34. The van der Waals surface area contributed by atoms with Crippen LogP contribution < -0.4 is 0 Å². The summed E-state index contributed by atoms with van der Waals surface area (Å²) in [6.45, 7) is 8.63. The van der Waals surface area contributed by atoms with Gasteiger partial charge in [-0.2, -0.15) is 0 Å². The highest BCUT2D eigenvalue weighted by molar-refractivity contribution is 5.77. The van der Waals surface area contributed by atoms with Crippen molar-refractivity contribution >= 4 is 5.91 Å². The van der Waals surface area contributed by atoms with E-state index in [9.17, 15) is 4.79 Å². The number of aryl methyl sites for hydroxylation is 2. The molecule has 1 aliphatic heterocycles. The molecule has 2 aliphatic rings. The quantitative estimate of drug-likeness (QED) is 0.850. The van der Waals surface area contributed by atoms with E-state index in [1.54, 1.807) is 0 Å². The van der Waals surface area contributed by atoms with Gasteiger partial charge in [-0.1, -0.05) is 32.0 Å². The minimum Gasteiger partial charge on any atom is -0.375 e. The minimum absolute atomic E-state index is 0.158. The average Bonchev–Trinajstić information content (AvgIpc) is 2.99. The number of carbonyl (C=O) groups excluding carboxylic acids is 1. The van der Waals surface area contributed by atoms with Crippen LogP contribution in [0.5, 0.6) is 0 Å². The second kappa shape index (κ2) is 7.04. The molecule has 1 saturated heterocycles. The molecule has 0 bridgehead atoms. The molecule has 0 aromatic heterocycles. The molecule has 3 rings (SSSR count). The van der Waals surface area contributed by atoms with Crippen LogP contribution in [0.4, 0.5) is 0 Å². The number of morpholine rings is 1. The molecule has 126 valence electrons. The number of nitrogens with zero attached hydrogens (tertiary/aromatic N) is 1. The van der Waals surface area contributed by atoms with Crippen molar-refractivity contribution in [1.29, 1.82) is 0 Å². The lowest BCUT2D eigenvalue weighted by Crippen LogP contribution is -2.45. The lowest BCUT2D eigenvalue weighted by Gasteiger charge is -2.33. The summed E-state index contributed by atoms with van der Waals surface area (Å²) in [5, 5.41) is 0. The lowest BCUT2D eigenvalue weighted by molar-refractivity contribution is -0.138. The molecule has 1 aromatic carbocycles. The minimum atomic E-state index is 0.158. The summed E-state index contributed by atoms with van der Waals surface area (Å²) in [5.74, 6) is 1.06. The molecule has 1 aromatic rings. The van der Waals surface area contributed by atoms with E-state index in [-0.39, 0.29) is 12.0 Å². The highest BCUT2D eigenvalue weighted by atomic mass is 16.5. The van der Waals surface area contributed by atoms with Crippen LogP contribution in [0.2, 0.25) is 0 Å². The van der Waals surface area contributed by atoms with Gasteiger partial charge in [0.2, 0.25) is 5.91 Å². The maximum atomic E-state index is 12.7. The summed E-state index contributed by atoms with van der Waals surface area (Å²) in [6.07, 6.45) is 4.46. The van der Waals surface area contributed by atoms with Crippen LogP contribution in [0, 0.1) is 5.92 Å². The summed E-state index contributed by atoms with van der Waals surface area (Å²) in [4.78, 5) is 14.7. The normalized spacial score (nSPS) is 22.3. The fraction of sp³-hybridized carbons (Fsp3) is 0.650. The van der Waals surface area contributed by atoms with Gasteiger partial charge in [-0.15, -0.1) is 0 Å². The molecule has 1 amide bonds. The number of hydrogen-bond donors (Lipinski definition) is 0. The van der Waals surface area contributed by atoms with E-state index in [0.717, 1.165) is 13.1 Å². The van der Waals surface area contributed by atoms with Gasteiger partial charge in [0.15, 0.2) is 0 Å². The van der Waals surface area contributed by atoms with E-state index in [0.29, 0.717) is 24.9 Å². The van der Waals surface area contributed by atoms with Crippen LogP contribution in [0.1, 0.15) is 56.2 Å². The first-order valence-corrected chi connectivity index (χ1v) is 9.05. The van der Waals surface area contributed by atoms with Crippen LogP contribution in [0.3, 0.4) is 0 Å². The molecular weight excluding hydrogens is 286 g/mol. The second-order valence-electron chi connectivity index (χ2n) is 7.46. The van der Waals surface area contributed by atoms with Crippen LogP contribution >= 0.6 is 0 Å². The Morgan fingerprint density at radius 2 is 2.09 bits per heavy atom. The third-order valence-corrected chi connectivity index (χ3v) is 5.34. The Bertz CT molecular complexity index is 567. The average molecular weight is 315 g/mol. The zero-order valence-corrected chi connectivity index (χ0v) is 14.7. The number of fused-ring (bicyclic) bond motifs is 1. The van der Waals surface area contributed by atoms with Crippen LogP contribution in [-0.4, -0.2) is 36.6 Å². The first-order chi connectivity index (χ1) is 11.0. The molecule has 3 heteroatoms. The van der Waals surface area contributed by atoms with Gasteiger partial charge >= 0.3 is 0 Å². The Morgan fingerprint density at radius 1 is 1.30 bits per heavy atom. The molecule has 2 unspecified atom stereocenters. The Labute approximate surface area is 140 Å². The van der Waals surface area contributed by atoms with Crippen molar-refractivity contribution in [3.8, 4) is 0 Å². The topological polar surface area (TPSA) is 29.5 Å². The molecular formula is C20H29NO2. The van der Waals surface area contributed by atoms with E-state index in [1.807, 2.05) is 11.8 Å². The van der Waals surface area contributed by atoms with Gasteiger partial charge < -0.3 is 9.64 Å². The van der Waals surface area contributed by atoms with Crippen LogP contribution in [0.25, 0.3) is 0 Å². The van der Waals surface area contributed by atoms with Crippen molar-refractivity contribution in [2.24, 2.45) is 5.92 Å². The SMILES string of the molecule is CC1CN(C(=O)CC(c2ccc3c(c2)CCC3)C(C)C)CCO1. The molecule has 1 heterocycles. The van der Waals surface area contributed by atoms with E-state index in [4.69, 9.17) is 4.74 Å². The largest absolute Gasteiger partial charge is 0.375 e. The first kappa shape index (κ1) is 16.5. The fourth-order valence-corrected chi connectivity index (χ4v) is 3.92. The molecule has 2 atom stereocenters. The van der Waals surface area contributed by atoms with Crippen molar-refractivity contribution in [1.82, 2.24) is 4.90 Å². The van der Waals surface area contributed by atoms with Crippen molar-refractivity contribution in [2.75, 3.05) is 19.7 Å². The van der Waals surface area contributed by atoms with Crippen molar-refractivity contribution in [3.05, 3.63) is 34.9 Å². The third kappa shape index (κ3) is 3.77. The monoisotopic (exact) mass is 315 g/mol. The maximum Gasteiger partial charge on any atom is 0.223 e. The highest BCUT2D eigenvalue weighted by Crippen LogP contribution is 2.32. The van der Waals surface area contributed by atoms with E-state index >= 15 is 0 Å². The summed E-state index contributed by atoms with van der Waals surface area (Å²) in [5.41, 5.74) is 4.35. The predicted molar refractivity (Wildman–Crippen MR) is 92.7 cm³/mol.